The van der Waals surface area contributed by atoms with Crippen molar-refractivity contribution >= 4 is 5.91 Å². The maximum atomic E-state index is 13.4. The molecule has 0 aliphatic carbocycles. The van der Waals surface area contributed by atoms with Gasteiger partial charge in [0.1, 0.15) is 0 Å². The smallest absolute Gasteiger partial charge is 0.241 e. The molecule has 1 amide bonds. The second-order valence-electron chi connectivity index (χ2n) is 11.6. The van der Waals surface area contributed by atoms with Gasteiger partial charge in [0.05, 0.1) is 12.6 Å². The maximum Gasteiger partial charge on any atom is 0.241 e. The van der Waals surface area contributed by atoms with Gasteiger partial charge in [-0.3, -0.25) is 9.69 Å². The van der Waals surface area contributed by atoms with Crippen LogP contribution in [0.25, 0.3) is 11.4 Å². The molecule has 1 saturated heterocycles. The average molecular weight is 523 g/mol. The van der Waals surface area contributed by atoms with Crippen LogP contribution in [0.5, 0.6) is 0 Å². The van der Waals surface area contributed by atoms with Crippen molar-refractivity contribution < 1.29 is 9.32 Å². The fraction of sp³-hybridized carbons (Fsp3) is 0.364. The quantitative estimate of drug-likeness (QED) is 0.302. The Balaban J connectivity index is 1.18. The minimum absolute atomic E-state index is 0.0175. The van der Waals surface area contributed by atoms with Gasteiger partial charge in [0.2, 0.25) is 17.6 Å². The van der Waals surface area contributed by atoms with Crippen LogP contribution in [0.3, 0.4) is 0 Å². The molecule has 1 atom stereocenters. The van der Waals surface area contributed by atoms with Crippen molar-refractivity contribution in [3.8, 4) is 11.4 Å². The van der Waals surface area contributed by atoms with Gasteiger partial charge in [-0.05, 0) is 60.5 Å². The fourth-order valence-corrected chi connectivity index (χ4v) is 5.26. The Labute approximate surface area is 231 Å². The second-order valence-corrected chi connectivity index (χ2v) is 11.6. The van der Waals surface area contributed by atoms with Crippen LogP contribution in [0.2, 0.25) is 0 Å². The molecule has 6 nitrogen and oxygen atoms in total. The van der Waals surface area contributed by atoms with E-state index in [2.05, 4.69) is 96.6 Å². The summed E-state index contributed by atoms with van der Waals surface area (Å²) in [6.45, 7) is 10.9. The highest BCUT2D eigenvalue weighted by molar-refractivity contribution is 5.79. The van der Waals surface area contributed by atoms with Gasteiger partial charge in [0, 0.05) is 11.5 Å². The van der Waals surface area contributed by atoms with Crippen LogP contribution in [0.1, 0.15) is 67.8 Å². The molecule has 0 bridgehead atoms. The van der Waals surface area contributed by atoms with Crippen molar-refractivity contribution in [3.05, 3.63) is 107 Å². The number of carbonyl (C=O) groups is 1. The highest BCUT2D eigenvalue weighted by atomic mass is 16.5. The number of benzene rings is 3. The van der Waals surface area contributed by atoms with Gasteiger partial charge in [-0.2, -0.15) is 4.98 Å². The third kappa shape index (κ3) is 6.45. The molecule has 1 unspecified atom stereocenters. The topological polar surface area (TPSA) is 71.3 Å². The SMILES string of the molecule is Cc1ccccc1C(NC(=O)C1CCN(Cc2nc(-c3ccc(C(C)(C)C)cc3)no2)CC1)c1ccccc1. The van der Waals surface area contributed by atoms with Gasteiger partial charge in [0.15, 0.2) is 0 Å². The molecule has 6 heteroatoms. The van der Waals surface area contributed by atoms with E-state index in [1.54, 1.807) is 0 Å². The van der Waals surface area contributed by atoms with Gasteiger partial charge >= 0.3 is 0 Å². The van der Waals surface area contributed by atoms with Gasteiger partial charge in [-0.25, -0.2) is 0 Å². The van der Waals surface area contributed by atoms with E-state index in [0.29, 0.717) is 18.3 Å². The summed E-state index contributed by atoms with van der Waals surface area (Å²) in [6, 6.07) is 26.7. The molecule has 0 spiro atoms. The minimum Gasteiger partial charge on any atom is -0.345 e. The lowest BCUT2D eigenvalue weighted by molar-refractivity contribution is -0.127. The average Bonchev–Trinajstić information content (AvgIpc) is 3.41. The summed E-state index contributed by atoms with van der Waals surface area (Å²) in [5, 5.41) is 7.57. The standard InChI is InChI=1S/C33H38N4O2/c1-23-10-8-9-13-28(23)30(24-11-6-5-7-12-24)35-32(38)26-18-20-37(21-19-26)22-29-34-31(36-39-29)25-14-16-27(17-15-25)33(2,3)4/h5-17,26,30H,18-22H2,1-4H3,(H,35,38). The van der Waals surface area contributed by atoms with Crippen LogP contribution in [0.15, 0.2) is 83.4 Å². The summed E-state index contributed by atoms with van der Waals surface area (Å²) in [7, 11) is 0. The highest BCUT2D eigenvalue weighted by Crippen LogP contribution is 2.28. The lowest BCUT2D eigenvalue weighted by Crippen LogP contribution is -2.41. The highest BCUT2D eigenvalue weighted by Gasteiger charge is 2.28. The van der Waals surface area contributed by atoms with Crippen molar-refractivity contribution in [3.63, 3.8) is 0 Å². The number of amides is 1. The molecule has 0 saturated carbocycles. The van der Waals surface area contributed by atoms with E-state index in [1.807, 2.05) is 30.3 Å². The first kappa shape index (κ1) is 26.8. The summed E-state index contributed by atoms with van der Waals surface area (Å²) in [4.78, 5) is 20.3. The number of nitrogens with one attached hydrogen (secondary N) is 1. The number of aryl methyl sites for hydroxylation is 1. The van der Waals surface area contributed by atoms with Crippen LogP contribution in [0.4, 0.5) is 0 Å². The van der Waals surface area contributed by atoms with Crippen molar-refractivity contribution in [2.75, 3.05) is 13.1 Å². The van der Waals surface area contributed by atoms with E-state index in [-0.39, 0.29) is 23.3 Å². The van der Waals surface area contributed by atoms with Crippen LogP contribution in [-0.4, -0.2) is 34.0 Å². The van der Waals surface area contributed by atoms with Gasteiger partial charge in [-0.1, -0.05) is 105 Å². The van der Waals surface area contributed by atoms with Crippen molar-refractivity contribution in [2.24, 2.45) is 5.92 Å². The number of hydrogen-bond acceptors (Lipinski definition) is 5. The Morgan fingerprint density at radius 3 is 2.31 bits per heavy atom. The Hall–Kier alpha value is -3.77. The first-order valence-corrected chi connectivity index (χ1v) is 13.8. The Bertz CT molecular complexity index is 1380. The monoisotopic (exact) mass is 522 g/mol. The van der Waals surface area contributed by atoms with Gasteiger partial charge in [0.25, 0.3) is 0 Å². The molecule has 2 heterocycles. The molecule has 0 radical (unpaired) electrons. The zero-order valence-corrected chi connectivity index (χ0v) is 23.4. The molecule has 39 heavy (non-hydrogen) atoms. The van der Waals surface area contributed by atoms with Crippen LogP contribution in [0, 0.1) is 12.8 Å². The Morgan fingerprint density at radius 1 is 0.974 bits per heavy atom. The second kappa shape index (κ2) is 11.5. The first-order valence-electron chi connectivity index (χ1n) is 13.8. The zero-order chi connectivity index (χ0) is 27.4. The number of likely N-dealkylation sites (tertiary alicyclic amines) is 1. The summed E-state index contributed by atoms with van der Waals surface area (Å²) < 4.78 is 5.57. The number of piperidine rings is 1. The lowest BCUT2D eigenvalue weighted by Gasteiger charge is -2.31. The Kier molecular flexibility index (Phi) is 7.94. The molecule has 5 rings (SSSR count). The van der Waals surface area contributed by atoms with E-state index in [4.69, 9.17) is 4.52 Å². The van der Waals surface area contributed by atoms with Crippen molar-refractivity contribution in [2.45, 2.75) is 58.5 Å². The van der Waals surface area contributed by atoms with Crippen molar-refractivity contribution in [1.82, 2.24) is 20.4 Å². The minimum atomic E-state index is -0.160. The molecule has 1 aromatic heterocycles. The lowest BCUT2D eigenvalue weighted by atomic mass is 9.87. The summed E-state index contributed by atoms with van der Waals surface area (Å²) in [5.41, 5.74) is 5.73. The molecule has 1 aliphatic rings. The summed E-state index contributed by atoms with van der Waals surface area (Å²) in [5.74, 6) is 1.32. The van der Waals surface area contributed by atoms with E-state index in [9.17, 15) is 4.79 Å². The molecular weight excluding hydrogens is 484 g/mol. The molecule has 1 N–H and O–H groups in total. The molecule has 1 aliphatic heterocycles. The third-order valence-electron chi connectivity index (χ3n) is 7.71. The first-order chi connectivity index (χ1) is 18.8. The summed E-state index contributed by atoms with van der Waals surface area (Å²) in [6.07, 6.45) is 1.60. The van der Waals surface area contributed by atoms with E-state index >= 15 is 0 Å². The number of rotatable bonds is 7. The normalized spacial score (nSPS) is 15.7. The predicted octanol–water partition coefficient (Wildman–Crippen LogP) is 6.46. The maximum absolute atomic E-state index is 13.4. The largest absolute Gasteiger partial charge is 0.345 e. The van der Waals surface area contributed by atoms with E-state index in [0.717, 1.165) is 42.6 Å². The van der Waals surface area contributed by atoms with Crippen LogP contribution < -0.4 is 5.32 Å². The Morgan fingerprint density at radius 2 is 1.64 bits per heavy atom. The van der Waals surface area contributed by atoms with Crippen molar-refractivity contribution in [1.29, 1.82) is 0 Å². The molecule has 202 valence electrons. The molecular formula is C33H38N4O2. The van der Waals surface area contributed by atoms with Crippen LogP contribution in [-0.2, 0) is 16.8 Å². The van der Waals surface area contributed by atoms with E-state index < -0.39 is 0 Å². The predicted molar refractivity (Wildman–Crippen MR) is 154 cm³/mol. The van der Waals surface area contributed by atoms with E-state index in [1.165, 1.54) is 11.1 Å². The van der Waals surface area contributed by atoms with Crippen LogP contribution >= 0.6 is 0 Å². The number of carbonyl (C=O) groups excluding carboxylic acids is 1. The molecule has 3 aromatic carbocycles. The molecule has 1 fully saturated rings. The number of aromatic nitrogens is 2. The summed E-state index contributed by atoms with van der Waals surface area (Å²) >= 11 is 0. The number of nitrogens with zero attached hydrogens (tertiary/aromatic N) is 3. The van der Waals surface area contributed by atoms with Gasteiger partial charge < -0.3 is 9.84 Å². The fourth-order valence-electron chi connectivity index (χ4n) is 5.26. The number of hydrogen-bond donors (Lipinski definition) is 1. The zero-order valence-electron chi connectivity index (χ0n) is 23.4. The molecule has 4 aromatic rings. The third-order valence-corrected chi connectivity index (χ3v) is 7.71. The van der Waals surface area contributed by atoms with Gasteiger partial charge in [-0.15, -0.1) is 0 Å².